The van der Waals surface area contributed by atoms with Crippen molar-refractivity contribution in [1.82, 2.24) is 0 Å². The van der Waals surface area contributed by atoms with Crippen LogP contribution in [0.5, 0.6) is 0 Å². The molecule has 64 valence electrons. The minimum absolute atomic E-state index is 0.417. The molecule has 0 saturated carbocycles. The first-order valence-corrected chi connectivity index (χ1v) is 4.61. The van der Waals surface area contributed by atoms with E-state index in [0.717, 1.165) is 4.90 Å². The van der Waals surface area contributed by atoms with Crippen LogP contribution in [0.4, 0.5) is 5.69 Å². The summed E-state index contributed by atoms with van der Waals surface area (Å²) in [6.07, 6.45) is 1.88. The van der Waals surface area contributed by atoms with E-state index in [-0.39, 0.29) is 0 Å². The van der Waals surface area contributed by atoms with Gasteiger partial charge in [0.15, 0.2) is 0 Å². The van der Waals surface area contributed by atoms with E-state index in [1.54, 1.807) is 18.2 Å². The van der Waals surface area contributed by atoms with E-state index in [1.165, 1.54) is 11.8 Å². The lowest BCUT2D eigenvalue weighted by atomic mass is 10.2. The Kier molecular flexibility index (Phi) is 2.60. The van der Waals surface area contributed by atoms with Crippen molar-refractivity contribution in [2.24, 2.45) is 5.73 Å². The first-order chi connectivity index (χ1) is 5.65. The van der Waals surface area contributed by atoms with Crippen molar-refractivity contribution < 1.29 is 4.79 Å². The molecule has 0 fully saturated rings. The molecule has 0 atom stereocenters. The fraction of sp³-hybridized carbons (Fsp3) is 0.125. The van der Waals surface area contributed by atoms with Gasteiger partial charge in [0.1, 0.15) is 0 Å². The fourth-order valence-corrected chi connectivity index (χ4v) is 1.55. The SMILES string of the molecule is CSc1cc(N)ccc1C(N)=O. The van der Waals surface area contributed by atoms with Crippen LogP contribution in [-0.4, -0.2) is 12.2 Å². The lowest BCUT2D eigenvalue weighted by molar-refractivity contribution is 0.0997. The Morgan fingerprint density at radius 2 is 2.17 bits per heavy atom. The third kappa shape index (κ3) is 1.71. The zero-order chi connectivity index (χ0) is 9.14. The maximum atomic E-state index is 10.9. The molecule has 1 aromatic rings. The Labute approximate surface area is 75.1 Å². The highest BCUT2D eigenvalue weighted by Gasteiger charge is 2.06. The van der Waals surface area contributed by atoms with E-state index >= 15 is 0 Å². The Morgan fingerprint density at radius 1 is 1.50 bits per heavy atom. The van der Waals surface area contributed by atoms with Crippen LogP contribution in [0.3, 0.4) is 0 Å². The summed E-state index contributed by atoms with van der Waals surface area (Å²) < 4.78 is 0. The van der Waals surface area contributed by atoms with Gasteiger partial charge in [-0.15, -0.1) is 11.8 Å². The van der Waals surface area contributed by atoms with Crippen molar-refractivity contribution in [3.63, 3.8) is 0 Å². The van der Waals surface area contributed by atoms with Gasteiger partial charge in [0, 0.05) is 10.6 Å². The molecule has 0 saturated heterocycles. The number of carbonyl (C=O) groups is 1. The first-order valence-electron chi connectivity index (χ1n) is 3.38. The molecule has 0 aliphatic carbocycles. The van der Waals surface area contributed by atoms with Gasteiger partial charge in [-0.1, -0.05) is 0 Å². The zero-order valence-electron chi connectivity index (χ0n) is 6.70. The number of carbonyl (C=O) groups excluding carboxylic acids is 1. The number of hydrogen-bond donors (Lipinski definition) is 2. The predicted molar refractivity (Wildman–Crippen MR) is 51.2 cm³/mol. The number of rotatable bonds is 2. The van der Waals surface area contributed by atoms with Crippen LogP contribution in [0.15, 0.2) is 23.1 Å². The van der Waals surface area contributed by atoms with Crippen LogP contribution in [0.25, 0.3) is 0 Å². The molecule has 0 bridgehead atoms. The van der Waals surface area contributed by atoms with E-state index in [0.29, 0.717) is 11.3 Å². The Balaban J connectivity index is 3.20. The maximum absolute atomic E-state index is 10.9. The highest BCUT2D eigenvalue weighted by atomic mass is 32.2. The lowest BCUT2D eigenvalue weighted by Gasteiger charge is -2.03. The molecule has 12 heavy (non-hydrogen) atoms. The summed E-state index contributed by atoms with van der Waals surface area (Å²) in [5, 5.41) is 0. The summed E-state index contributed by atoms with van der Waals surface area (Å²) >= 11 is 1.46. The smallest absolute Gasteiger partial charge is 0.249 e. The first kappa shape index (κ1) is 8.93. The number of thioether (sulfide) groups is 1. The molecule has 0 heterocycles. The summed E-state index contributed by atoms with van der Waals surface area (Å²) in [6.45, 7) is 0. The predicted octanol–water partition coefficient (Wildman–Crippen LogP) is 1.09. The highest BCUT2D eigenvalue weighted by Crippen LogP contribution is 2.22. The van der Waals surface area contributed by atoms with Gasteiger partial charge in [-0.25, -0.2) is 0 Å². The largest absolute Gasteiger partial charge is 0.399 e. The molecule has 3 nitrogen and oxygen atoms in total. The van der Waals surface area contributed by atoms with E-state index in [4.69, 9.17) is 11.5 Å². The molecular weight excluding hydrogens is 172 g/mol. The molecule has 0 unspecified atom stereocenters. The highest BCUT2D eigenvalue weighted by molar-refractivity contribution is 7.98. The minimum atomic E-state index is -0.417. The van der Waals surface area contributed by atoms with Crippen LogP contribution >= 0.6 is 11.8 Å². The average molecular weight is 182 g/mol. The number of benzene rings is 1. The number of primary amides is 1. The summed E-state index contributed by atoms with van der Waals surface area (Å²) in [7, 11) is 0. The molecule has 1 amide bonds. The normalized spacial score (nSPS) is 9.75. The van der Waals surface area contributed by atoms with Crippen molar-refractivity contribution in [3.05, 3.63) is 23.8 Å². The van der Waals surface area contributed by atoms with E-state index in [9.17, 15) is 4.79 Å². The molecule has 1 rings (SSSR count). The Hall–Kier alpha value is -1.16. The number of amides is 1. The summed E-state index contributed by atoms with van der Waals surface area (Å²) in [4.78, 5) is 11.7. The third-order valence-corrected chi connectivity index (χ3v) is 2.27. The van der Waals surface area contributed by atoms with Gasteiger partial charge in [-0.3, -0.25) is 4.79 Å². The summed E-state index contributed by atoms with van der Waals surface area (Å²) in [5.74, 6) is -0.417. The van der Waals surface area contributed by atoms with Gasteiger partial charge in [-0.05, 0) is 24.5 Å². The summed E-state index contributed by atoms with van der Waals surface area (Å²) in [5.41, 5.74) is 11.9. The van der Waals surface area contributed by atoms with Crippen LogP contribution in [0.1, 0.15) is 10.4 Å². The van der Waals surface area contributed by atoms with Gasteiger partial charge < -0.3 is 11.5 Å². The van der Waals surface area contributed by atoms with Gasteiger partial charge in [0.25, 0.3) is 0 Å². The monoisotopic (exact) mass is 182 g/mol. The number of anilines is 1. The second-order valence-corrected chi connectivity index (χ2v) is 3.17. The summed E-state index contributed by atoms with van der Waals surface area (Å²) in [6, 6.07) is 5.05. The quantitative estimate of drug-likeness (QED) is 0.531. The zero-order valence-corrected chi connectivity index (χ0v) is 7.52. The second-order valence-electron chi connectivity index (χ2n) is 2.32. The second kappa shape index (κ2) is 3.49. The molecule has 4 N–H and O–H groups in total. The molecular formula is C8H10N2OS. The molecule has 4 heteroatoms. The van der Waals surface area contributed by atoms with Gasteiger partial charge in [0.05, 0.1) is 5.56 Å². The van der Waals surface area contributed by atoms with E-state index in [2.05, 4.69) is 0 Å². The average Bonchev–Trinajstić information content (AvgIpc) is 2.03. The van der Waals surface area contributed by atoms with Gasteiger partial charge in [0.2, 0.25) is 5.91 Å². The Morgan fingerprint density at radius 3 is 2.67 bits per heavy atom. The fourth-order valence-electron chi connectivity index (χ4n) is 0.911. The van der Waals surface area contributed by atoms with Crippen molar-refractivity contribution in [2.45, 2.75) is 4.90 Å². The van der Waals surface area contributed by atoms with E-state index in [1.807, 2.05) is 6.26 Å². The minimum Gasteiger partial charge on any atom is -0.399 e. The van der Waals surface area contributed by atoms with Gasteiger partial charge in [-0.2, -0.15) is 0 Å². The maximum Gasteiger partial charge on any atom is 0.249 e. The van der Waals surface area contributed by atoms with Crippen LogP contribution in [-0.2, 0) is 0 Å². The molecule has 0 aromatic heterocycles. The van der Waals surface area contributed by atoms with E-state index < -0.39 is 5.91 Å². The Bertz CT molecular complexity index is 312. The van der Waals surface area contributed by atoms with Crippen molar-refractivity contribution in [3.8, 4) is 0 Å². The molecule has 0 aliphatic rings. The third-order valence-electron chi connectivity index (χ3n) is 1.49. The van der Waals surface area contributed by atoms with Crippen molar-refractivity contribution >= 4 is 23.4 Å². The molecule has 0 aliphatic heterocycles. The molecule has 1 aromatic carbocycles. The standard InChI is InChI=1S/C8H10N2OS/c1-12-7-4-5(9)2-3-6(7)8(10)11/h2-4H,9H2,1H3,(H2,10,11). The number of nitrogens with two attached hydrogens (primary N) is 2. The van der Waals surface area contributed by atoms with Crippen LogP contribution in [0.2, 0.25) is 0 Å². The van der Waals surface area contributed by atoms with Crippen LogP contribution in [0, 0.1) is 0 Å². The topological polar surface area (TPSA) is 69.1 Å². The lowest BCUT2D eigenvalue weighted by Crippen LogP contribution is -2.12. The molecule has 0 spiro atoms. The number of hydrogen-bond acceptors (Lipinski definition) is 3. The molecule has 0 radical (unpaired) electrons. The van der Waals surface area contributed by atoms with Crippen molar-refractivity contribution in [1.29, 1.82) is 0 Å². The van der Waals surface area contributed by atoms with Crippen molar-refractivity contribution in [2.75, 3.05) is 12.0 Å². The number of nitrogen functional groups attached to an aromatic ring is 1. The van der Waals surface area contributed by atoms with Crippen LogP contribution < -0.4 is 11.5 Å². The van der Waals surface area contributed by atoms with Gasteiger partial charge >= 0.3 is 0 Å².